The summed E-state index contributed by atoms with van der Waals surface area (Å²) in [5.74, 6) is 0.489. The number of carboxylic acids is 1. The lowest BCUT2D eigenvalue weighted by Gasteiger charge is -2.34. The van der Waals surface area contributed by atoms with Gasteiger partial charge in [0.05, 0.1) is 5.56 Å². The van der Waals surface area contributed by atoms with E-state index >= 15 is 0 Å². The standard InChI is InChI=1S/C13H17NO4S2/c1-20(17,18)12-9-19-6-5-14(12)8-10-3-2-4-11(7-10)13(15)16/h2-4,7,12H,5-6,8-9H2,1H3,(H,15,16). The number of hydrogen-bond donors (Lipinski definition) is 1. The first-order valence-corrected chi connectivity index (χ1v) is 9.32. The summed E-state index contributed by atoms with van der Waals surface area (Å²) in [5, 5.41) is 8.49. The van der Waals surface area contributed by atoms with Gasteiger partial charge in [-0.3, -0.25) is 4.90 Å². The summed E-state index contributed by atoms with van der Waals surface area (Å²) in [6.07, 6.45) is 1.25. The second-order valence-electron chi connectivity index (χ2n) is 4.84. The summed E-state index contributed by atoms with van der Waals surface area (Å²) in [4.78, 5) is 12.9. The second kappa shape index (κ2) is 6.15. The monoisotopic (exact) mass is 315 g/mol. The van der Waals surface area contributed by atoms with E-state index < -0.39 is 21.2 Å². The third-order valence-electron chi connectivity index (χ3n) is 3.24. The Bertz CT molecular complexity index is 600. The van der Waals surface area contributed by atoms with Crippen molar-refractivity contribution in [3.05, 3.63) is 35.4 Å². The van der Waals surface area contributed by atoms with Crippen molar-refractivity contribution in [1.82, 2.24) is 4.90 Å². The van der Waals surface area contributed by atoms with E-state index in [4.69, 9.17) is 5.11 Å². The first-order chi connectivity index (χ1) is 9.38. The predicted molar refractivity (Wildman–Crippen MR) is 79.8 cm³/mol. The molecular formula is C13H17NO4S2. The number of hydrogen-bond acceptors (Lipinski definition) is 5. The summed E-state index contributed by atoms with van der Waals surface area (Å²) in [6.45, 7) is 1.15. The zero-order valence-corrected chi connectivity index (χ0v) is 12.8. The van der Waals surface area contributed by atoms with Crippen LogP contribution in [0, 0.1) is 0 Å². The summed E-state index contributed by atoms with van der Waals surface area (Å²) >= 11 is 1.64. The van der Waals surface area contributed by atoms with Crippen LogP contribution in [0.2, 0.25) is 0 Å². The molecule has 1 N–H and O–H groups in total. The number of rotatable bonds is 4. The summed E-state index contributed by atoms with van der Waals surface area (Å²) < 4.78 is 23.6. The van der Waals surface area contributed by atoms with Gasteiger partial charge >= 0.3 is 5.97 Å². The Kier molecular flexibility index (Phi) is 4.72. The molecular weight excluding hydrogens is 298 g/mol. The topological polar surface area (TPSA) is 74.7 Å². The van der Waals surface area contributed by atoms with Crippen LogP contribution in [-0.2, 0) is 16.4 Å². The number of nitrogens with zero attached hydrogens (tertiary/aromatic N) is 1. The zero-order chi connectivity index (χ0) is 14.8. The predicted octanol–water partition coefficient (Wildman–Crippen LogP) is 1.30. The first kappa shape index (κ1) is 15.3. The van der Waals surface area contributed by atoms with Crippen LogP contribution >= 0.6 is 11.8 Å². The van der Waals surface area contributed by atoms with Crippen molar-refractivity contribution in [2.24, 2.45) is 0 Å². The number of aromatic carboxylic acids is 1. The highest BCUT2D eigenvalue weighted by Gasteiger charge is 2.30. The summed E-state index contributed by atoms with van der Waals surface area (Å²) in [7, 11) is -3.13. The molecule has 0 spiro atoms. The lowest BCUT2D eigenvalue weighted by molar-refractivity contribution is 0.0696. The van der Waals surface area contributed by atoms with E-state index in [0.29, 0.717) is 18.8 Å². The highest BCUT2D eigenvalue weighted by atomic mass is 32.2. The molecule has 1 saturated heterocycles. The molecule has 0 radical (unpaired) electrons. The minimum atomic E-state index is -3.13. The molecule has 2 rings (SSSR count). The maximum Gasteiger partial charge on any atom is 0.335 e. The van der Waals surface area contributed by atoms with Gasteiger partial charge in [-0.2, -0.15) is 11.8 Å². The Morgan fingerprint density at radius 1 is 1.50 bits per heavy atom. The maximum absolute atomic E-state index is 11.8. The molecule has 1 atom stereocenters. The van der Waals surface area contributed by atoms with Crippen molar-refractivity contribution in [3.8, 4) is 0 Å². The van der Waals surface area contributed by atoms with E-state index in [0.717, 1.165) is 11.3 Å². The van der Waals surface area contributed by atoms with Crippen molar-refractivity contribution in [2.45, 2.75) is 11.9 Å². The summed E-state index contributed by atoms with van der Waals surface area (Å²) in [5.41, 5.74) is 1.05. The third-order valence-corrected chi connectivity index (χ3v) is 5.93. The molecule has 20 heavy (non-hydrogen) atoms. The van der Waals surface area contributed by atoms with E-state index in [9.17, 15) is 13.2 Å². The number of thioether (sulfide) groups is 1. The maximum atomic E-state index is 11.8. The molecule has 5 nitrogen and oxygen atoms in total. The van der Waals surface area contributed by atoms with Gasteiger partial charge in [0, 0.05) is 30.9 Å². The Balaban J connectivity index is 2.19. The molecule has 1 aromatic rings. The van der Waals surface area contributed by atoms with Gasteiger partial charge in [-0.1, -0.05) is 12.1 Å². The van der Waals surface area contributed by atoms with Gasteiger partial charge in [0.15, 0.2) is 9.84 Å². The number of sulfone groups is 1. The van der Waals surface area contributed by atoms with E-state index in [-0.39, 0.29) is 5.56 Å². The first-order valence-electron chi connectivity index (χ1n) is 6.21. The smallest absolute Gasteiger partial charge is 0.335 e. The van der Waals surface area contributed by atoms with E-state index in [2.05, 4.69) is 0 Å². The fourth-order valence-corrected chi connectivity index (χ4v) is 5.17. The number of carbonyl (C=O) groups is 1. The van der Waals surface area contributed by atoms with Crippen molar-refractivity contribution in [1.29, 1.82) is 0 Å². The highest BCUT2D eigenvalue weighted by molar-refractivity contribution is 8.00. The molecule has 1 heterocycles. The lowest BCUT2D eigenvalue weighted by Crippen LogP contribution is -2.46. The van der Waals surface area contributed by atoms with Gasteiger partial charge in [0.1, 0.15) is 5.37 Å². The molecule has 110 valence electrons. The summed E-state index contributed by atoms with van der Waals surface area (Å²) in [6, 6.07) is 6.65. The normalized spacial score (nSPS) is 20.8. The molecule has 1 fully saturated rings. The average molecular weight is 315 g/mol. The number of carboxylic acid groups (broad SMARTS) is 1. The van der Waals surface area contributed by atoms with Crippen molar-refractivity contribution >= 4 is 27.6 Å². The van der Waals surface area contributed by atoms with Gasteiger partial charge in [-0.15, -0.1) is 0 Å². The van der Waals surface area contributed by atoms with Gasteiger partial charge in [0.25, 0.3) is 0 Å². The van der Waals surface area contributed by atoms with Crippen molar-refractivity contribution in [2.75, 3.05) is 24.3 Å². The molecule has 1 aromatic carbocycles. The molecule has 7 heteroatoms. The fraction of sp³-hybridized carbons (Fsp3) is 0.462. The Hall–Kier alpha value is -1.05. The molecule has 0 saturated carbocycles. The minimum Gasteiger partial charge on any atom is -0.478 e. The molecule has 1 aliphatic heterocycles. The molecule has 1 unspecified atom stereocenters. The third kappa shape index (κ3) is 3.74. The van der Waals surface area contributed by atoms with E-state index in [1.807, 2.05) is 11.0 Å². The van der Waals surface area contributed by atoms with Crippen molar-refractivity contribution in [3.63, 3.8) is 0 Å². The van der Waals surface area contributed by atoms with Crippen molar-refractivity contribution < 1.29 is 18.3 Å². The van der Waals surface area contributed by atoms with Gasteiger partial charge in [-0.05, 0) is 17.7 Å². The Labute approximate surface area is 122 Å². The van der Waals surface area contributed by atoms with Crippen LogP contribution in [0.25, 0.3) is 0 Å². The molecule has 0 amide bonds. The van der Waals surface area contributed by atoms with Crippen LogP contribution in [0.3, 0.4) is 0 Å². The fourth-order valence-electron chi connectivity index (χ4n) is 2.23. The minimum absolute atomic E-state index is 0.227. The van der Waals surface area contributed by atoms with Gasteiger partial charge in [-0.25, -0.2) is 13.2 Å². The SMILES string of the molecule is CS(=O)(=O)C1CSCCN1Cc1cccc(C(=O)O)c1. The lowest BCUT2D eigenvalue weighted by atomic mass is 10.1. The highest BCUT2D eigenvalue weighted by Crippen LogP contribution is 2.22. The van der Waals surface area contributed by atoms with Crippen LogP contribution in [0.5, 0.6) is 0 Å². The van der Waals surface area contributed by atoms with Crippen LogP contribution < -0.4 is 0 Å². The molecule has 0 aromatic heterocycles. The average Bonchev–Trinajstić information content (AvgIpc) is 2.38. The van der Waals surface area contributed by atoms with Crippen LogP contribution in [0.15, 0.2) is 24.3 Å². The largest absolute Gasteiger partial charge is 0.478 e. The van der Waals surface area contributed by atoms with Gasteiger partial charge < -0.3 is 5.11 Å². The Morgan fingerprint density at radius 2 is 2.25 bits per heavy atom. The second-order valence-corrected chi connectivity index (χ2v) is 8.19. The number of benzene rings is 1. The molecule has 1 aliphatic rings. The molecule has 0 aliphatic carbocycles. The van der Waals surface area contributed by atoms with Crippen LogP contribution in [0.1, 0.15) is 15.9 Å². The van der Waals surface area contributed by atoms with E-state index in [1.54, 1.807) is 23.9 Å². The van der Waals surface area contributed by atoms with Gasteiger partial charge in [0.2, 0.25) is 0 Å². The molecule has 0 bridgehead atoms. The quantitative estimate of drug-likeness (QED) is 0.903. The van der Waals surface area contributed by atoms with E-state index in [1.165, 1.54) is 12.3 Å². The van der Waals surface area contributed by atoms with Crippen LogP contribution in [-0.4, -0.2) is 54.1 Å². The van der Waals surface area contributed by atoms with Crippen LogP contribution in [0.4, 0.5) is 0 Å². The zero-order valence-electron chi connectivity index (χ0n) is 11.2. The Morgan fingerprint density at radius 3 is 2.90 bits per heavy atom.